The van der Waals surface area contributed by atoms with Crippen molar-refractivity contribution in [1.82, 2.24) is 4.90 Å². The van der Waals surface area contributed by atoms with Crippen LogP contribution in [0.15, 0.2) is 0 Å². The second-order valence-corrected chi connectivity index (χ2v) is 3.94. The Balaban J connectivity index is 1.74. The van der Waals surface area contributed by atoms with Crippen molar-refractivity contribution >= 4 is 0 Å². The van der Waals surface area contributed by atoms with Gasteiger partial charge in [-0.25, -0.2) is 0 Å². The summed E-state index contributed by atoms with van der Waals surface area (Å²) in [6.45, 7) is 0. The Kier molecular flexibility index (Phi) is 2.35. The summed E-state index contributed by atoms with van der Waals surface area (Å²) in [5, 5.41) is 0. The highest BCUT2D eigenvalue weighted by Crippen LogP contribution is 2.30. The molecule has 0 atom stereocenters. The molecule has 0 radical (unpaired) electrons. The minimum Gasteiger partial charge on any atom is -0.336 e. The zero-order chi connectivity index (χ0) is 8.55. The predicted molar refractivity (Wildman–Crippen MR) is 45.7 cm³/mol. The lowest BCUT2D eigenvalue weighted by molar-refractivity contribution is -0.222. The number of hydrogen-bond donors (Lipinski definition) is 0. The van der Waals surface area contributed by atoms with E-state index in [2.05, 4.69) is 0 Å². The summed E-state index contributed by atoms with van der Waals surface area (Å²) in [5.41, 5.74) is 0. The fourth-order valence-electron chi connectivity index (χ4n) is 1.01. The smallest absolute Gasteiger partial charge is 0.218 e. The Morgan fingerprint density at radius 2 is 1.42 bits per heavy atom. The first-order valence-electron chi connectivity index (χ1n) is 4.73. The second-order valence-electron chi connectivity index (χ2n) is 3.94. The summed E-state index contributed by atoms with van der Waals surface area (Å²) < 4.78 is 11.4. The van der Waals surface area contributed by atoms with E-state index >= 15 is 0 Å². The lowest BCUT2D eigenvalue weighted by Gasteiger charge is -2.24. The van der Waals surface area contributed by atoms with Gasteiger partial charge in [-0.15, -0.1) is 0 Å². The van der Waals surface area contributed by atoms with Crippen molar-refractivity contribution < 1.29 is 9.47 Å². The summed E-state index contributed by atoms with van der Waals surface area (Å²) in [6, 6.07) is 0. The van der Waals surface area contributed by atoms with E-state index in [1.165, 1.54) is 25.7 Å². The van der Waals surface area contributed by atoms with Crippen LogP contribution in [-0.4, -0.2) is 37.6 Å². The van der Waals surface area contributed by atoms with E-state index in [-0.39, 0.29) is 6.41 Å². The van der Waals surface area contributed by atoms with Crippen LogP contribution in [0.5, 0.6) is 0 Å². The third kappa shape index (κ3) is 2.44. The Morgan fingerprint density at radius 3 is 1.67 bits per heavy atom. The molecule has 0 amide bonds. The van der Waals surface area contributed by atoms with Gasteiger partial charge in [0, 0.05) is 0 Å². The maximum atomic E-state index is 5.68. The van der Waals surface area contributed by atoms with E-state index < -0.39 is 0 Å². The van der Waals surface area contributed by atoms with Gasteiger partial charge in [-0.3, -0.25) is 4.90 Å². The average molecular weight is 171 g/mol. The summed E-state index contributed by atoms with van der Waals surface area (Å²) in [7, 11) is 3.99. The van der Waals surface area contributed by atoms with Gasteiger partial charge >= 0.3 is 0 Å². The van der Waals surface area contributed by atoms with Crippen LogP contribution in [0.1, 0.15) is 25.7 Å². The van der Waals surface area contributed by atoms with Crippen molar-refractivity contribution in [2.24, 2.45) is 0 Å². The maximum absolute atomic E-state index is 5.68. The molecule has 0 N–H and O–H groups in total. The minimum atomic E-state index is -0.106. The van der Waals surface area contributed by atoms with E-state index in [4.69, 9.17) is 9.47 Å². The van der Waals surface area contributed by atoms with Crippen LogP contribution >= 0.6 is 0 Å². The molecule has 3 heteroatoms. The molecule has 2 rings (SSSR count). The fraction of sp³-hybridized carbons (Fsp3) is 1.00. The van der Waals surface area contributed by atoms with Crippen LogP contribution in [0, 0.1) is 0 Å². The fourth-order valence-corrected chi connectivity index (χ4v) is 1.01. The molecule has 2 saturated carbocycles. The second kappa shape index (κ2) is 3.32. The molecule has 0 aromatic rings. The molecular formula is C9H17NO2. The zero-order valence-electron chi connectivity index (χ0n) is 7.82. The van der Waals surface area contributed by atoms with Crippen molar-refractivity contribution in [2.45, 2.75) is 44.3 Å². The summed E-state index contributed by atoms with van der Waals surface area (Å²) >= 11 is 0. The third-order valence-corrected chi connectivity index (χ3v) is 2.09. The number of nitrogens with zero attached hydrogens (tertiary/aromatic N) is 1. The molecule has 0 saturated heterocycles. The average Bonchev–Trinajstić information content (AvgIpc) is 2.78. The van der Waals surface area contributed by atoms with Gasteiger partial charge in [-0.2, -0.15) is 0 Å². The molecule has 0 unspecified atom stereocenters. The number of rotatable bonds is 5. The largest absolute Gasteiger partial charge is 0.336 e. The molecule has 12 heavy (non-hydrogen) atoms. The van der Waals surface area contributed by atoms with E-state index in [1.54, 1.807) is 0 Å². The topological polar surface area (TPSA) is 21.7 Å². The molecule has 70 valence electrons. The van der Waals surface area contributed by atoms with Gasteiger partial charge in [0.25, 0.3) is 0 Å². The van der Waals surface area contributed by atoms with Gasteiger partial charge in [0.1, 0.15) is 0 Å². The van der Waals surface area contributed by atoms with Crippen LogP contribution in [0.2, 0.25) is 0 Å². The maximum Gasteiger partial charge on any atom is 0.218 e. The lowest BCUT2D eigenvalue weighted by atomic mass is 10.7. The molecule has 0 aromatic heterocycles. The molecule has 3 nitrogen and oxygen atoms in total. The van der Waals surface area contributed by atoms with Gasteiger partial charge in [0.05, 0.1) is 12.2 Å². The SMILES string of the molecule is CN(C)C(OC1CC1)OC1CC1. The normalized spacial score (nSPS) is 24.0. The van der Waals surface area contributed by atoms with Gasteiger partial charge in [0.15, 0.2) is 0 Å². The Morgan fingerprint density at radius 1 is 1.00 bits per heavy atom. The predicted octanol–water partition coefficient (Wildman–Crippen LogP) is 1.19. The van der Waals surface area contributed by atoms with Crippen molar-refractivity contribution in [3.05, 3.63) is 0 Å². The van der Waals surface area contributed by atoms with E-state index in [1.807, 2.05) is 19.0 Å². The quantitative estimate of drug-likeness (QED) is 0.580. The first kappa shape index (κ1) is 8.48. The molecule has 0 spiro atoms. The monoisotopic (exact) mass is 171 g/mol. The van der Waals surface area contributed by atoms with E-state index in [0.717, 1.165) is 0 Å². The molecule has 0 heterocycles. The minimum absolute atomic E-state index is 0.106. The van der Waals surface area contributed by atoms with Crippen molar-refractivity contribution in [1.29, 1.82) is 0 Å². The highest BCUT2D eigenvalue weighted by molar-refractivity contribution is 4.76. The van der Waals surface area contributed by atoms with Crippen molar-refractivity contribution in [3.63, 3.8) is 0 Å². The molecule has 0 aliphatic heterocycles. The van der Waals surface area contributed by atoms with Crippen molar-refractivity contribution in [3.8, 4) is 0 Å². The van der Waals surface area contributed by atoms with Gasteiger partial charge in [-0.1, -0.05) is 0 Å². The summed E-state index contributed by atoms with van der Waals surface area (Å²) in [6.07, 6.45) is 5.66. The van der Waals surface area contributed by atoms with Crippen LogP contribution in [0.4, 0.5) is 0 Å². The molecule has 2 aliphatic rings. The van der Waals surface area contributed by atoms with Crippen LogP contribution in [-0.2, 0) is 9.47 Å². The molecule has 2 aliphatic carbocycles. The Bertz CT molecular complexity index is 139. The first-order valence-corrected chi connectivity index (χ1v) is 4.73. The molecule has 0 aromatic carbocycles. The van der Waals surface area contributed by atoms with Crippen molar-refractivity contribution in [2.75, 3.05) is 14.1 Å². The molecule has 0 bridgehead atoms. The highest BCUT2D eigenvalue weighted by atomic mass is 16.7. The Hall–Kier alpha value is -0.120. The Labute approximate surface area is 73.6 Å². The summed E-state index contributed by atoms with van der Waals surface area (Å²) in [4.78, 5) is 2.00. The van der Waals surface area contributed by atoms with Crippen LogP contribution < -0.4 is 0 Å². The molecular weight excluding hydrogens is 154 g/mol. The van der Waals surface area contributed by atoms with Crippen LogP contribution in [0.3, 0.4) is 0 Å². The third-order valence-electron chi connectivity index (χ3n) is 2.09. The van der Waals surface area contributed by atoms with Gasteiger partial charge < -0.3 is 9.47 Å². The number of hydrogen-bond acceptors (Lipinski definition) is 3. The van der Waals surface area contributed by atoms with E-state index in [9.17, 15) is 0 Å². The molecule has 2 fully saturated rings. The first-order chi connectivity index (χ1) is 5.75. The summed E-state index contributed by atoms with van der Waals surface area (Å²) in [5.74, 6) is 0. The lowest BCUT2D eigenvalue weighted by Crippen LogP contribution is -2.34. The number of ether oxygens (including phenoxy) is 2. The highest BCUT2D eigenvalue weighted by Gasteiger charge is 2.32. The standard InChI is InChI=1S/C9H17NO2/c1-10(2)9(11-7-3-4-7)12-8-5-6-8/h7-9H,3-6H2,1-2H3. The van der Waals surface area contributed by atoms with Gasteiger partial charge in [-0.05, 0) is 39.8 Å². The zero-order valence-corrected chi connectivity index (χ0v) is 7.82. The van der Waals surface area contributed by atoms with Crippen LogP contribution in [0.25, 0.3) is 0 Å². The van der Waals surface area contributed by atoms with Gasteiger partial charge in [0.2, 0.25) is 6.41 Å². The van der Waals surface area contributed by atoms with E-state index in [0.29, 0.717) is 12.2 Å².